The van der Waals surface area contributed by atoms with Crippen molar-refractivity contribution in [3.8, 4) is 5.75 Å². The molecule has 0 aliphatic carbocycles. The van der Waals surface area contributed by atoms with E-state index < -0.39 is 28.7 Å². The molecule has 1 saturated heterocycles. The summed E-state index contributed by atoms with van der Waals surface area (Å²) in [6.45, 7) is 3.11. The van der Waals surface area contributed by atoms with E-state index in [1.165, 1.54) is 13.0 Å². The number of aromatic hydroxyl groups is 1. The van der Waals surface area contributed by atoms with E-state index in [2.05, 4.69) is 10.6 Å². The van der Waals surface area contributed by atoms with Gasteiger partial charge in [-0.05, 0) is 60.1 Å². The van der Waals surface area contributed by atoms with Crippen LogP contribution >= 0.6 is 0 Å². The summed E-state index contributed by atoms with van der Waals surface area (Å²) in [5.41, 5.74) is 2.43. The molecule has 5 N–H and O–H groups in total. The number of aliphatic hydroxyl groups is 2. The number of aliphatic hydroxyl groups excluding tert-OH is 2. The van der Waals surface area contributed by atoms with Crippen LogP contribution in [0.25, 0.3) is 0 Å². The molecule has 3 amide bonds. The van der Waals surface area contributed by atoms with Gasteiger partial charge in [0.15, 0.2) is 5.69 Å². The Morgan fingerprint density at radius 3 is 2.58 bits per heavy atom. The molecule has 40 heavy (non-hydrogen) atoms. The fraction of sp³-hybridized carbons (Fsp3) is 0.483. The lowest BCUT2D eigenvalue weighted by molar-refractivity contribution is -0.168. The van der Waals surface area contributed by atoms with E-state index in [1.54, 1.807) is 30.3 Å². The number of nitrogens with one attached hydrogen (secondary N) is 2. The molecule has 1 heterocycles. The molecule has 11 nitrogen and oxygen atoms in total. The van der Waals surface area contributed by atoms with Gasteiger partial charge in [0.1, 0.15) is 5.75 Å². The Balaban J connectivity index is 1.26. The first-order valence-corrected chi connectivity index (χ1v) is 13.7. The summed E-state index contributed by atoms with van der Waals surface area (Å²) in [7, 11) is 0. The molecule has 2 aromatic rings. The van der Waals surface area contributed by atoms with Crippen molar-refractivity contribution in [1.82, 2.24) is 15.3 Å². The van der Waals surface area contributed by atoms with E-state index in [0.29, 0.717) is 43.0 Å². The Morgan fingerprint density at radius 1 is 1.07 bits per heavy atom. The third-order valence-corrected chi connectivity index (χ3v) is 6.70. The summed E-state index contributed by atoms with van der Waals surface area (Å²) in [4.78, 5) is 41.2. The van der Waals surface area contributed by atoms with Crippen LogP contribution < -0.4 is 15.3 Å². The Morgan fingerprint density at radius 2 is 1.85 bits per heavy atom. The first-order valence-electron chi connectivity index (χ1n) is 13.7. The van der Waals surface area contributed by atoms with Crippen molar-refractivity contribution in [2.45, 2.75) is 58.2 Å². The van der Waals surface area contributed by atoms with Gasteiger partial charge >= 0.3 is 12.0 Å². The molecule has 0 spiro atoms. The highest BCUT2D eigenvalue weighted by Gasteiger charge is 2.53. The maximum atomic E-state index is 12.4. The summed E-state index contributed by atoms with van der Waals surface area (Å²) in [6.07, 6.45) is 4.83. The van der Waals surface area contributed by atoms with Gasteiger partial charge < -0.3 is 25.4 Å². The first kappa shape index (κ1) is 31.2. The second-order valence-corrected chi connectivity index (χ2v) is 9.90. The summed E-state index contributed by atoms with van der Waals surface area (Å²) < 4.78 is 4.95. The maximum Gasteiger partial charge on any atom is 0.471 e. The predicted octanol–water partition coefficient (Wildman–Crippen LogP) is 2.75. The highest BCUT2D eigenvalue weighted by molar-refractivity contribution is 6.08. The summed E-state index contributed by atoms with van der Waals surface area (Å²) >= 11 is 0. The molecule has 0 bridgehead atoms. The minimum atomic E-state index is -0.807. The molecular formula is C29H40N3O8+. The van der Waals surface area contributed by atoms with Gasteiger partial charge in [-0.25, -0.2) is 14.9 Å². The molecule has 11 heteroatoms. The zero-order valence-electron chi connectivity index (χ0n) is 22.9. The van der Waals surface area contributed by atoms with Gasteiger partial charge in [-0.2, -0.15) is 0 Å². The third kappa shape index (κ3) is 8.83. The van der Waals surface area contributed by atoms with E-state index in [1.807, 2.05) is 6.07 Å². The summed E-state index contributed by atoms with van der Waals surface area (Å²) in [5, 5.41) is 34.6. The number of carbonyl (C=O) groups is 3. The molecule has 2 atom stereocenters. The SMILES string of the molecule is CC(=O)O[N+]1(c2cccc(CCCOCCCCCCNC[C@@H](O)c3ccc(O)c(CO)c3)c2)CC(=O)NC1=O. The van der Waals surface area contributed by atoms with Crippen LogP contribution in [-0.2, 0) is 32.2 Å². The van der Waals surface area contributed by atoms with Crippen molar-refractivity contribution >= 4 is 23.6 Å². The molecule has 1 fully saturated rings. The van der Waals surface area contributed by atoms with Crippen LogP contribution in [-0.4, -0.2) is 66.1 Å². The number of ether oxygens (including phenoxy) is 1. The average Bonchev–Trinajstić information content (AvgIpc) is 3.22. The number of hydrogen-bond donors (Lipinski definition) is 5. The molecule has 0 radical (unpaired) electrons. The standard InChI is InChI=1S/C29H39N3O8/c1-21(34)40-32(19-28(37)31-29(32)38)25-10-6-8-22(16-25)9-7-15-39-14-5-3-2-4-13-30-18-27(36)23-11-12-26(35)24(17-23)20-33/h6,8,10-12,16-17,27,30,33,36H,2-5,7,9,13-15,18-20H2,1H3,(H-,31,35,37,38)/p+1/t27-,32?/m1/s1. The van der Waals surface area contributed by atoms with Gasteiger partial charge in [-0.15, -0.1) is 0 Å². The monoisotopic (exact) mass is 558 g/mol. The number of hydrogen-bond acceptors (Lipinski definition) is 9. The number of benzene rings is 2. The number of carbonyl (C=O) groups excluding carboxylic acids is 3. The molecule has 218 valence electrons. The topological polar surface area (TPSA) is 154 Å². The molecule has 3 rings (SSSR count). The first-order chi connectivity index (χ1) is 19.2. The number of imide groups is 1. The van der Waals surface area contributed by atoms with Crippen LogP contribution in [0.2, 0.25) is 0 Å². The lowest BCUT2D eigenvalue weighted by Gasteiger charge is -2.24. The summed E-state index contributed by atoms with van der Waals surface area (Å²) in [5.74, 6) is -1.13. The van der Waals surface area contributed by atoms with Gasteiger partial charge in [0.2, 0.25) is 6.54 Å². The quantitative estimate of drug-likeness (QED) is 0.112. The van der Waals surface area contributed by atoms with E-state index in [9.17, 15) is 29.7 Å². The molecule has 1 aliphatic heterocycles. The number of quaternary nitrogens is 1. The van der Waals surface area contributed by atoms with Gasteiger partial charge in [0.05, 0.1) is 12.7 Å². The van der Waals surface area contributed by atoms with E-state index in [0.717, 1.165) is 44.2 Å². The fourth-order valence-corrected chi connectivity index (χ4v) is 4.60. The number of amides is 3. The van der Waals surface area contributed by atoms with Crippen molar-refractivity contribution in [2.24, 2.45) is 0 Å². The van der Waals surface area contributed by atoms with Crippen LogP contribution in [0.3, 0.4) is 0 Å². The average molecular weight is 559 g/mol. The number of rotatable bonds is 17. The van der Waals surface area contributed by atoms with E-state index in [-0.39, 0.29) is 18.9 Å². The van der Waals surface area contributed by atoms with Gasteiger partial charge in [0, 0.05) is 44.4 Å². The number of hydroxylamine groups is 2. The summed E-state index contributed by atoms with van der Waals surface area (Å²) in [6, 6.07) is 11.2. The molecular weight excluding hydrogens is 518 g/mol. The largest absolute Gasteiger partial charge is 0.508 e. The van der Waals surface area contributed by atoms with Crippen LogP contribution in [0.1, 0.15) is 61.8 Å². The normalized spacial score (nSPS) is 17.6. The minimum absolute atomic E-state index is 0.0194. The molecule has 0 aromatic heterocycles. The Bertz CT molecular complexity index is 1160. The number of unbranched alkanes of at least 4 members (excludes halogenated alkanes) is 3. The lowest BCUT2D eigenvalue weighted by Crippen LogP contribution is -2.52. The van der Waals surface area contributed by atoms with Crippen molar-refractivity contribution in [3.63, 3.8) is 0 Å². The Hall–Kier alpha value is -3.35. The zero-order chi connectivity index (χ0) is 29.0. The lowest BCUT2D eigenvalue weighted by atomic mass is 10.1. The van der Waals surface area contributed by atoms with Crippen LogP contribution in [0.15, 0.2) is 42.5 Å². The van der Waals surface area contributed by atoms with Crippen LogP contribution in [0.4, 0.5) is 10.5 Å². The highest BCUT2D eigenvalue weighted by Crippen LogP contribution is 2.29. The molecule has 0 saturated carbocycles. The van der Waals surface area contributed by atoms with E-state index >= 15 is 0 Å². The second kappa shape index (κ2) is 15.4. The second-order valence-electron chi connectivity index (χ2n) is 9.90. The predicted molar refractivity (Wildman–Crippen MR) is 148 cm³/mol. The molecule has 1 aliphatic rings. The zero-order valence-corrected chi connectivity index (χ0v) is 22.9. The van der Waals surface area contributed by atoms with Gasteiger partial charge in [-0.1, -0.05) is 31.0 Å². The van der Waals surface area contributed by atoms with Crippen molar-refractivity contribution in [1.29, 1.82) is 0 Å². The highest BCUT2D eigenvalue weighted by atomic mass is 16.8. The number of urea groups is 1. The Labute approximate surface area is 234 Å². The smallest absolute Gasteiger partial charge is 0.471 e. The molecule has 1 unspecified atom stereocenters. The van der Waals surface area contributed by atoms with E-state index in [4.69, 9.17) is 9.57 Å². The van der Waals surface area contributed by atoms with Gasteiger partial charge in [-0.3, -0.25) is 9.63 Å². The third-order valence-electron chi connectivity index (χ3n) is 6.70. The maximum absolute atomic E-state index is 12.4. The van der Waals surface area contributed by atoms with Crippen LogP contribution in [0, 0.1) is 0 Å². The minimum Gasteiger partial charge on any atom is -0.508 e. The number of aryl methyl sites for hydroxylation is 1. The fourth-order valence-electron chi connectivity index (χ4n) is 4.60. The van der Waals surface area contributed by atoms with Crippen LogP contribution in [0.5, 0.6) is 5.75 Å². The van der Waals surface area contributed by atoms with Crippen molar-refractivity contribution < 1.29 is 39.3 Å². The number of phenols is 1. The molecule has 2 aromatic carbocycles. The van der Waals surface area contributed by atoms with Crippen molar-refractivity contribution in [2.75, 3.05) is 32.8 Å². The Kier molecular flexibility index (Phi) is 12.0. The van der Waals surface area contributed by atoms with Crippen molar-refractivity contribution in [3.05, 3.63) is 59.2 Å². The number of nitrogens with zero attached hydrogens (tertiary/aromatic N) is 1. The van der Waals surface area contributed by atoms with Gasteiger partial charge in [0.25, 0.3) is 5.91 Å².